The second-order valence-corrected chi connectivity index (χ2v) is 8.60. The molecule has 1 aromatic heterocycles. The number of hydrogen-bond acceptors (Lipinski definition) is 4. The molecule has 26 heavy (non-hydrogen) atoms. The van der Waals surface area contributed by atoms with Crippen LogP contribution in [-0.2, 0) is 11.2 Å². The molecule has 0 saturated carbocycles. The van der Waals surface area contributed by atoms with Crippen LogP contribution in [0.3, 0.4) is 0 Å². The lowest BCUT2D eigenvalue weighted by Gasteiger charge is -2.27. The summed E-state index contributed by atoms with van der Waals surface area (Å²) >= 11 is 0. The Morgan fingerprint density at radius 2 is 2.00 bits per heavy atom. The van der Waals surface area contributed by atoms with Crippen molar-refractivity contribution >= 4 is 5.91 Å². The van der Waals surface area contributed by atoms with Gasteiger partial charge in [0.2, 0.25) is 17.6 Å². The average Bonchev–Trinajstić information content (AvgIpc) is 2.98. The topological polar surface area (TPSA) is 59.2 Å². The van der Waals surface area contributed by atoms with Crippen LogP contribution in [0.1, 0.15) is 52.5 Å². The molecule has 0 N–H and O–H groups in total. The molecule has 5 nitrogen and oxygen atoms in total. The molecule has 5 heteroatoms. The number of benzene rings is 1. The van der Waals surface area contributed by atoms with E-state index in [-0.39, 0.29) is 11.3 Å². The van der Waals surface area contributed by atoms with Gasteiger partial charge in [-0.2, -0.15) is 4.98 Å². The average molecular weight is 357 g/mol. The lowest BCUT2D eigenvalue weighted by atomic mass is 9.91. The molecule has 1 amide bonds. The molecule has 0 bridgehead atoms. The predicted molar refractivity (Wildman–Crippen MR) is 104 cm³/mol. The van der Waals surface area contributed by atoms with Crippen molar-refractivity contribution in [1.82, 2.24) is 15.0 Å². The van der Waals surface area contributed by atoms with E-state index in [1.54, 1.807) is 0 Å². The Morgan fingerprint density at radius 3 is 2.62 bits per heavy atom. The smallest absolute Gasteiger partial charge is 0.228 e. The van der Waals surface area contributed by atoms with E-state index in [1.165, 1.54) is 0 Å². The first-order valence-electron chi connectivity index (χ1n) is 9.31. The molecule has 0 aliphatic rings. The summed E-state index contributed by atoms with van der Waals surface area (Å²) in [5, 5.41) is 4.08. The molecular weight excluding hydrogens is 326 g/mol. The van der Waals surface area contributed by atoms with E-state index in [0.717, 1.165) is 17.7 Å². The van der Waals surface area contributed by atoms with Crippen LogP contribution >= 0.6 is 0 Å². The van der Waals surface area contributed by atoms with Gasteiger partial charge in [-0.25, -0.2) is 0 Å². The zero-order valence-electron chi connectivity index (χ0n) is 16.9. The van der Waals surface area contributed by atoms with Crippen LogP contribution in [0.15, 0.2) is 28.8 Å². The lowest BCUT2D eigenvalue weighted by molar-refractivity contribution is -0.133. The molecule has 2 rings (SSSR count). The maximum absolute atomic E-state index is 12.6. The lowest BCUT2D eigenvalue weighted by Crippen LogP contribution is -2.37. The summed E-state index contributed by atoms with van der Waals surface area (Å²) in [6.07, 6.45) is 1.11. The minimum Gasteiger partial charge on any atom is -0.342 e. The summed E-state index contributed by atoms with van der Waals surface area (Å²) in [6.45, 7) is 13.9. The number of aryl methyl sites for hydroxylation is 1. The summed E-state index contributed by atoms with van der Waals surface area (Å²) in [5.74, 6) is 1.77. The highest BCUT2D eigenvalue weighted by Gasteiger charge is 2.22. The molecule has 1 heterocycles. The van der Waals surface area contributed by atoms with E-state index in [4.69, 9.17) is 4.52 Å². The van der Waals surface area contributed by atoms with Crippen molar-refractivity contribution in [2.75, 3.05) is 13.1 Å². The normalized spacial score (nSPS) is 11.8. The summed E-state index contributed by atoms with van der Waals surface area (Å²) in [7, 11) is 0. The third-order valence-electron chi connectivity index (χ3n) is 3.96. The second kappa shape index (κ2) is 8.47. The van der Waals surface area contributed by atoms with Crippen molar-refractivity contribution < 1.29 is 9.32 Å². The largest absolute Gasteiger partial charge is 0.342 e. The number of rotatable bonds is 7. The Balaban J connectivity index is 2.03. The fraction of sp³-hybridized carbons (Fsp3) is 0.571. The molecular formula is C21H31N3O2. The molecule has 1 aromatic carbocycles. The third kappa shape index (κ3) is 6.28. The van der Waals surface area contributed by atoms with E-state index in [9.17, 15) is 4.79 Å². The van der Waals surface area contributed by atoms with Gasteiger partial charge in [0.15, 0.2) is 0 Å². The van der Waals surface area contributed by atoms with Crippen molar-refractivity contribution in [3.8, 4) is 11.4 Å². The van der Waals surface area contributed by atoms with Gasteiger partial charge in [-0.3, -0.25) is 4.79 Å². The summed E-state index contributed by atoms with van der Waals surface area (Å²) in [5.41, 5.74) is 2.09. The number of aromatic nitrogens is 2. The molecule has 0 aliphatic heterocycles. The van der Waals surface area contributed by atoms with Gasteiger partial charge in [-0.15, -0.1) is 0 Å². The number of nitrogens with zero attached hydrogens (tertiary/aromatic N) is 3. The quantitative estimate of drug-likeness (QED) is 0.731. The summed E-state index contributed by atoms with van der Waals surface area (Å²) in [4.78, 5) is 19.1. The molecule has 0 atom stereocenters. The van der Waals surface area contributed by atoms with Crippen molar-refractivity contribution in [3.05, 3.63) is 35.7 Å². The van der Waals surface area contributed by atoms with E-state index in [2.05, 4.69) is 44.8 Å². The van der Waals surface area contributed by atoms with Crippen LogP contribution in [0.2, 0.25) is 0 Å². The Bertz CT molecular complexity index is 729. The van der Waals surface area contributed by atoms with E-state index in [0.29, 0.717) is 37.0 Å². The molecule has 0 unspecified atom stereocenters. The van der Waals surface area contributed by atoms with Crippen molar-refractivity contribution in [2.24, 2.45) is 11.3 Å². The first kappa shape index (κ1) is 20.1. The van der Waals surface area contributed by atoms with E-state index in [1.807, 2.05) is 36.1 Å². The monoisotopic (exact) mass is 357 g/mol. The van der Waals surface area contributed by atoms with Gasteiger partial charge in [-0.1, -0.05) is 63.5 Å². The summed E-state index contributed by atoms with van der Waals surface area (Å²) < 4.78 is 5.40. The van der Waals surface area contributed by atoms with E-state index < -0.39 is 0 Å². The zero-order valence-corrected chi connectivity index (χ0v) is 16.9. The molecule has 0 spiro atoms. The van der Waals surface area contributed by atoms with Gasteiger partial charge in [0.25, 0.3) is 0 Å². The van der Waals surface area contributed by atoms with Gasteiger partial charge >= 0.3 is 0 Å². The Hall–Kier alpha value is -2.17. The number of carbonyl (C=O) groups is 1. The van der Waals surface area contributed by atoms with Gasteiger partial charge in [0.05, 0.1) is 0 Å². The number of hydrogen-bond donors (Lipinski definition) is 0. The maximum atomic E-state index is 12.6. The van der Waals surface area contributed by atoms with Crippen LogP contribution in [0.4, 0.5) is 0 Å². The van der Waals surface area contributed by atoms with Gasteiger partial charge in [-0.05, 0) is 24.3 Å². The molecule has 0 saturated heterocycles. The fourth-order valence-electron chi connectivity index (χ4n) is 2.81. The molecule has 0 aliphatic carbocycles. The molecule has 0 fully saturated rings. The zero-order chi connectivity index (χ0) is 19.3. The van der Waals surface area contributed by atoms with Crippen LogP contribution in [0, 0.1) is 18.3 Å². The highest BCUT2D eigenvalue weighted by Crippen LogP contribution is 2.21. The SMILES string of the molecule is Cc1cccc(-c2noc(CCN(CC(C)C)C(=O)CC(C)(C)C)n2)c1. The third-order valence-corrected chi connectivity index (χ3v) is 3.96. The molecule has 142 valence electrons. The maximum Gasteiger partial charge on any atom is 0.228 e. The first-order valence-corrected chi connectivity index (χ1v) is 9.31. The van der Waals surface area contributed by atoms with Crippen molar-refractivity contribution in [1.29, 1.82) is 0 Å². The van der Waals surface area contributed by atoms with Gasteiger partial charge in [0, 0.05) is 31.5 Å². The fourth-order valence-corrected chi connectivity index (χ4v) is 2.81. The van der Waals surface area contributed by atoms with Crippen LogP contribution < -0.4 is 0 Å². The second-order valence-electron chi connectivity index (χ2n) is 8.60. The Labute approximate surface area is 156 Å². The standard InChI is InChI=1S/C21H31N3O2/c1-15(2)14-24(19(25)13-21(4,5)6)11-10-18-22-20(23-26-18)17-9-7-8-16(3)12-17/h7-9,12,15H,10-11,13-14H2,1-6H3. The predicted octanol–water partition coefficient (Wildman–Crippen LogP) is 4.51. The van der Waals surface area contributed by atoms with Crippen LogP contribution in [-0.4, -0.2) is 34.0 Å². The van der Waals surface area contributed by atoms with Crippen molar-refractivity contribution in [2.45, 2.75) is 54.4 Å². The highest BCUT2D eigenvalue weighted by molar-refractivity contribution is 5.76. The first-order chi connectivity index (χ1) is 12.1. The van der Waals surface area contributed by atoms with E-state index >= 15 is 0 Å². The molecule has 0 radical (unpaired) electrons. The molecule has 2 aromatic rings. The summed E-state index contributed by atoms with van der Waals surface area (Å²) in [6, 6.07) is 8.03. The van der Waals surface area contributed by atoms with Crippen molar-refractivity contribution in [3.63, 3.8) is 0 Å². The Kier molecular flexibility index (Phi) is 6.57. The van der Waals surface area contributed by atoms with Crippen LogP contribution in [0.5, 0.6) is 0 Å². The minimum atomic E-state index is -0.0187. The Morgan fingerprint density at radius 1 is 1.27 bits per heavy atom. The minimum absolute atomic E-state index is 0.0187. The van der Waals surface area contributed by atoms with Crippen LogP contribution in [0.25, 0.3) is 11.4 Å². The highest BCUT2D eigenvalue weighted by atomic mass is 16.5. The number of carbonyl (C=O) groups excluding carboxylic acids is 1. The van der Waals surface area contributed by atoms with Gasteiger partial charge < -0.3 is 9.42 Å². The van der Waals surface area contributed by atoms with Gasteiger partial charge in [0.1, 0.15) is 0 Å². The number of amides is 1.